The molecule has 23 heavy (non-hydrogen) atoms. The molecule has 5 nitrogen and oxygen atoms in total. The Labute approximate surface area is 133 Å². The second kappa shape index (κ2) is 7.40. The summed E-state index contributed by atoms with van der Waals surface area (Å²) in [5, 5.41) is 0. The first-order valence-electron chi connectivity index (χ1n) is 7.01. The van der Waals surface area contributed by atoms with E-state index in [9.17, 15) is 14.0 Å². The van der Waals surface area contributed by atoms with Crippen LogP contribution in [0.1, 0.15) is 21.5 Å². The van der Waals surface area contributed by atoms with Gasteiger partial charge in [0.25, 0.3) is 11.8 Å². The Morgan fingerprint density at radius 1 is 1.00 bits per heavy atom. The number of nitrogens with one attached hydrogen (secondary N) is 2. The van der Waals surface area contributed by atoms with Gasteiger partial charge in [0.15, 0.2) is 6.61 Å². The molecule has 0 radical (unpaired) electrons. The quantitative estimate of drug-likeness (QED) is 0.851. The summed E-state index contributed by atoms with van der Waals surface area (Å²) in [6.45, 7) is 3.54. The van der Waals surface area contributed by atoms with E-state index >= 15 is 0 Å². The van der Waals surface area contributed by atoms with Crippen LogP contribution in [0.2, 0.25) is 0 Å². The smallest absolute Gasteiger partial charge is 0.276 e. The second-order valence-corrected chi connectivity index (χ2v) is 5.02. The van der Waals surface area contributed by atoms with Crippen LogP contribution in [-0.4, -0.2) is 18.4 Å². The van der Waals surface area contributed by atoms with Crippen molar-refractivity contribution in [2.45, 2.75) is 13.8 Å². The van der Waals surface area contributed by atoms with Gasteiger partial charge in [-0.1, -0.05) is 18.2 Å². The summed E-state index contributed by atoms with van der Waals surface area (Å²) in [6, 6.07) is 10.7. The van der Waals surface area contributed by atoms with Gasteiger partial charge in [0.05, 0.1) is 0 Å². The van der Waals surface area contributed by atoms with Crippen molar-refractivity contribution in [1.82, 2.24) is 10.9 Å². The second-order valence-electron chi connectivity index (χ2n) is 5.02. The Balaban J connectivity index is 1.83. The third-order valence-corrected chi connectivity index (χ3v) is 3.18. The number of hydrogen-bond donors (Lipinski definition) is 2. The molecule has 2 aromatic rings. The Morgan fingerprint density at radius 3 is 2.22 bits per heavy atom. The zero-order valence-corrected chi connectivity index (χ0v) is 12.9. The third kappa shape index (κ3) is 4.54. The molecule has 0 heterocycles. The van der Waals surface area contributed by atoms with Gasteiger partial charge in [-0.05, 0) is 49.2 Å². The number of hydrogen-bond acceptors (Lipinski definition) is 3. The Hall–Kier alpha value is -2.89. The number of halogens is 1. The number of carbonyl (C=O) groups excluding carboxylic acids is 2. The van der Waals surface area contributed by atoms with Gasteiger partial charge < -0.3 is 4.74 Å². The third-order valence-electron chi connectivity index (χ3n) is 3.18. The van der Waals surface area contributed by atoms with Crippen LogP contribution in [0.5, 0.6) is 5.75 Å². The van der Waals surface area contributed by atoms with Crippen LogP contribution in [0.15, 0.2) is 42.5 Å². The van der Waals surface area contributed by atoms with Gasteiger partial charge in [0.1, 0.15) is 11.6 Å². The summed E-state index contributed by atoms with van der Waals surface area (Å²) in [6.07, 6.45) is 0. The van der Waals surface area contributed by atoms with Crippen molar-refractivity contribution in [3.63, 3.8) is 0 Å². The highest BCUT2D eigenvalue weighted by Gasteiger charge is 2.09. The number of hydrazine groups is 1. The van der Waals surface area contributed by atoms with Gasteiger partial charge in [-0.15, -0.1) is 0 Å². The molecule has 0 aliphatic rings. The number of carbonyl (C=O) groups is 2. The molecule has 6 heteroatoms. The molecule has 2 N–H and O–H groups in total. The molecule has 0 fully saturated rings. The summed E-state index contributed by atoms with van der Waals surface area (Å²) >= 11 is 0. The van der Waals surface area contributed by atoms with Crippen LogP contribution in [0.25, 0.3) is 0 Å². The van der Waals surface area contributed by atoms with E-state index in [0.717, 1.165) is 11.1 Å². The maximum absolute atomic E-state index is 12.8. The van der Waals surface area contributed by atoms with Crippen molar-refractivity contribution in [3.8, 4) is 5.75 Å². The highest BCUT2D eigenvalue weighted by atomic mass is 19.1. The van der Waals surface area contributed by atoms with Crippen LogP contribution in [0, 0.1) is 19.7 Å². The zero-order chi connectivity index (χ0) is 16.8. The lowest BCUT2D eigenvalue weighted by Crippen LogP contribution is -2.43. The van der Waals surface area contributed by atoms with Gasteiger partial charge >= 0.3 is 0 Å². The molecule has 2 aromatic carbocycles. The van der Waals surface area contributed by atoms with E-state index < -0.39 is 17.6 Å². The Morgan fingerprint density at radius 2 is 1.61 bits per heavy atom. The fourth-order valence-corrected chi connectivity index (χ4v) is 2.00. The normalized spacial score (nSPS) is 10.0. The first-order valence-corrected chi connectivity index (χ1v) is 7.01. The lowest BCUT2D eigenvalue weighted by Gasteiger charge is -2.12. The number of rotatable bonds is 4. The molecule has 0 saturated heterocycles. The minimum Gasteiger partial charge on any atom is -0.483 e. The average molecular weight is 316 g/mol. The summed E-state index contributed by atoms with van der Waals surface area (Å²) in [5.74, 6) is -0.825. The predicted octanol–water partition coefficient (Wildman–Crippen LogP) is 2.28. The number of aryl methyl sites for hydroxylation is 2. The van der Waals surface area contributed by atoms with Crippen LogP contribution in [0.3, 0.4) is 0 Å². The van der Waals surface area contributed by atoms with E-state index in [2.05, 4.69) is 10.9 Å². The van der Waals surface area contributed by atoms with Crippen LogP contribution in [-0.2, 0) is 4.79 Å². The number of para-hydroxylation sites is 1. The van der Waals surface area contributed by atoms with Crippen molar-refractivity contribution in [2.24, 2.45) is 0 Å². The molecular weight excluding hydrogens is 299 g/mol. The van der Waals surface area contributed by atoms with Crippen LogP contribution in [0.4, 0.5) is 4.39 Å². The van der Waals surface area contributed by atoms with E-state index in [0.29, 0.717) is 5.75 Å². The van der Waals surface area contributed by atoms with E-state index in [4.69, 9.17) is 4.74 Å². The molecule has 2 amide bonds. The average Bonchev–Trinajstić information content (AvgIpc) is 2.53. The highest BCUT2D eigenvalue weighted by Crippen LogP contribution is 2.21. The lowest BCUT2D eigenvalue weighted by atomic mass is 10.1. The van der Waals surface area contributed by atoms with Gasteiger partial charge in [0.2, 0.25) is 0 Å². The number of amides is 2. The standard InChI is InChI=1S/C17H17FN2O3/c1-11-4-3-5-12(2)16(11)23-10-15(21)19-20-17(22)13-6-8-14(18)9-7-13/h3-9H,10H2,1-2H3,(H,19,21)(H,20,22). The summed E-state index contributed by atoms with van der Waals surface area (Å²) in [4.78, 5) is 23.5. The van der Waals surface area contributed by atoms with Crippen molar-refractivity contribution in [1.29, 1.82) is 0 Å². The van der Waals surface area contributed by atoms with Crippen molar-refractivity contribution < 1.29 is 18.7 Å². The summed E-state index contributed by atoms with van der Waals surface area (Å²) in [7, 11) is 0. The molecule has 0 aromatic heterocycles. The van der Waals surface area contributed by atoms with E-state index in [1.165, 1.54) is 24.3 Å². The summed E-state index contributed by atoms with van der Waals surface area (Å²) < 4.78 is 18.2. The largest absolute Gasteiger partial charge is 0.483 e. The first kappa shape index (κ1) is 16.5. The fraction of sp³-hybridized carbons (Fsp3) is 0.176. The van der Waals surface area contributed by atoms with Gasteiger partial charge in [-0.2, -0.15) is 0 Å². The zero-order valence-electron chi connectivity index (χ0n) is 12.9. The van der Waals surface area contributed by atoms with E-state index in [1.54, 1.807) is 0 Å². The van der Waals surface area contributed by atoms with E-state index in [-0.39, 0.29) is 12.2 Å². The Kier molecular flexibility index (Phi) is 5.30. The molecule has 120 valence electrons. The van der Waals surface area contributed by atoms with E-state index in [1.807, 2.05) is 32.0 Å². The van der Waals surface area contributed by atoms with Gasteiger partial charge in [-0.25, -0.2) is 4.39 Å². The minimum atomic E-state index is -0.537. The molecule has 0 unspecified atom stereocenters. The monoisotopic (exact) mass is 316 g/mol. The maximum atomic E-state index is 12.8. The topological polar surface area (TPSA) is 67.4 Å². The fourth-order valence-electron chi connectivity index (χ4n) is 2.00. The molecular formula is C17H17FN2O3. The van der Waals surface area contributed by atoms with Crippen molar-refractivity contribution in [2.75, 3.05) is 6.61 Å². The van der Waals surface area contributed by atoms with Gasteiger partial charge in [-0.3, -0.25) is 20.4 Å². The van der Waals surface area contributed by atoms with Crippen molar-refractivity contribution in [3.05, 3.63) is 65.0 Å². The molecule has 0 atom stereocenters. The molecule has 2 rings (SSSR count). The van der Waals surface area contributed by atoms with Crippen LogP contribution < -0.4 is 15.6 Å². The SMILES string of the molecule is Cc1cccc(C)c1OCC(=O)NNC(=O)c1ccc(F)cc1. The molecule has 0 saturated carbocycles. The number of ether oxygens (including phenoxy) is 1. The van der Waals surface area contributed by atoms with Crippen LogP contribution >= 0.6 is 0 Å². The summed E-state index contributed by atoms with van der Waals surface area (Å²) in [5.41, 5.74) is 6.58. The van der Waals surface area contributed by atoms with Crippen molar-refractivity contribution >= 4 is 11.8 Å². The maximum Gasteiger partial charge on any atom is 0.276 e. The molecule has 0 aliphatic carbocycles. The lowest BCUT2D eigenvalue weighted by molar-refractivity contribution is -0.123. The molecule has 0 spiro atoms. The first-order chi connectivity index (χ1) is 11.0. The predicted molar refractivity (Wildman–Crippen MR) is 83.4 cm³/mol. The number of benzene rings is 2. The Bertz CT molecular complexity index is 694. The van der Waals surface area contributed by atoms with Gasteiger partial charge in [0, 0.05) is 5.56 Å². The molecule has 0 aliphatic heterocycles. The molecule has 0 bridgehead atoms. The highest BCUT2D eigenvalue weighted by molar-refractivity contribution is 5.95. The minimum absolute atomic E-state index is 0.227.